The van der Waals surface area contributed by atoms with Crippen molar-refractivity contribution in [1.29, 1.82) is 5.26 Å². The van der Waals surface area contributed by atoms with Crippen LogP contribution in [0.15, 0.2) is 64.4 Å². The molecule has 2 aromatic carbocycles. The van der Waals surface area contributed by atoms with Crippen molar-refractivity contribution in [2.24, 2.45) is 0 Å². The number of rotatable bonds is 2. The molecule has 0 amide bonds. The third-order valence-corrected chi connectivity index (χ3v) is 2.98. The van der Waals surface area contributed by atoms with Gasteiger partial charge in [-0.1, -0.05) is 30.0 Å². The third kappa shape index (κ3) is 2.61. The van der Waals surface area contributed by atoms with Crippen molar-refractivity contribution in [3.8, 4) is 6.07 Å². The van der Waals surface area contributed by atoms with Gasteiger partial charge in [0.2, 0.25) is 0 Å². The van der Waals surface area contributed by atoms with E-state index in [1.165, 1.54) is 4.90 Å². The van der Waals surface area contributed by atoms with Crippen molar-refractivity contribution >= 4 is 11.8 Å². The van der Waals surface area contributed by atoms with Gasteiger partial charge in [0.05, 0.1) is 11.6 Å². The Morgan fingerprint density at radius 3 is 2.00 bits per heavy atom. The van der Waals surface area contributed by atoms with Crippen LogP contribution >= 0.6 is 11.8 Å². The molecule has 0 fully saturated rings. The molecule has 0 heterocycles. The van der Waals surface area contributed by atoms with Gasteiger partial charge in [0.15, 0.2) is 0 Å². The van der Waals surface area contributed by atoms with Gasteiger partial charge in [0.25, 0.3) is 0 Å². The van der Waals surface area contributed by atoms with E-state index in [1.54, 1.807) is 11.8 Å². The maximum Gasteiger partial charge on any atom is 0.0991 e. The van der Waals surface area contributed by atoms with Crippen LogP contribution in [0.3, 0.4) is 0 Å². The highest BCUT2D eigenvalue weighted by molar-refractivity contribution is 7.99. The number of nitriles is 1. The Kier molecular flexibility index (Phi) is 3.06. The lowest BCUT2D eigenvalue weighted by molar-refractivity contribution is 1.39. The highest BCUT2D eigenvalue weighted by atomic mass is 32.2. The topological polar surface area (TPSA) is 23.8 Å². The molecule has 72 valence electrons. The molecule has 0 saturated heterocycles. The fourth-order valence-corrected chi connectivity index (χ4v) is 2.06. The molecule has 0 spiro atoms. The van der Waals surface area contributed by atoms with E-state index >= 15 is 0 Å². The normalized spacial score (nSPS) is 9.53. The van der Waals surface area contributed by atoms with Crippen LogP contribution in [0.1, 0.15) is 5.56 Å². The van der Waals surface area contributed by atoms with Gasteiger partial charge < -0.3 is 0 Å². The first-order valence-electron chi connectivity index (χ1n) is 4.61. The van der Waals surface area contributed by atoms with E-state index in [0.717, 1.165) is 4.90 Å². The van der Waals surface area contributed by atoms with Crippen LogP contribution in [0.4, 0.5) is 0 Å². The van der Waals surface area contributed by atoms with Gasteiger partial charge in [-0.2, -0.15) is 5.26 Å². The zero-order valence-corrected chi connectivity index (χ0v) is 8.87. The Balaban J connectivity index is 2.16. The van der Waals surface area contributed by atoms with Crippen LogP contribution < -0.4 is 0 Å². The van der Waals surface area contributed by atoms with Crippen molar-refractivity contribution in [3.63, 3.8) is 0 Å². The van der Waals surface area contributed by atoms with Crippen molar-refractivity contribution in [3.05, 3.63) is 60.2 Å². The molecule has 0 aliphatic carbocycles. The van der Waals surface area contributed by atoms with Gasteiger partial charge in [0.1, 0.15) is 0 Å². The maximum atomic E-state index is 8.66. The largest absolute Gasteiger partial charge is 0.192 e. The summed E-state index contributed by atoms with van der Waals surface area (Å²) < 4.78 is 0. The van der Waals surface area contributed by atoms with E-state index in [1.807, 2.05) is 42.5 Å². The number of hydrogen-bond acceptors (Lipinski definition) is 2. The average molecular weight is 211 g/mol. The van der Waals surface area contributed by atoms with Crippen LogP contribution in [-0.4, -0.2) is 0 Å². The lowest BCUT2D eigenvalue weighted by atomic mass is 10.2. The van der Waals surface area contributed by atoms with Crippen molar-refractivity contribution < 1.29 is 0 Å². The van der Waals surface area contributed by atoms with Gasteiger partial charge in [-0.25, -0.2) is 0 Å². The minimum absolute atomic E-state index is 0.701. The zero-order valence-electron chi connectivity index (χ0n) is 8.05. The second kappa shape index (κ2) is 4.68. The fraction of sp³-hybridized carbons (Fsp3) is 0. The quantitative estimate of drug-likeness (QED) is 0.756. The van der Waals surface area contributed by atoms with Gasteiger partial charge in [-0.3, -0.25) is 0 Å². The minimum atomic E-state index is 0.701. The smallest absolute Gasteiger partial charge is 0.0991 e. The Morgan fingerprint density at radius 1 is 0.800 bits per heavy atom. The molecule has 0 aromatic heterocycles. The highest BCUT2D eigenvalue weighted by Gasteiger charge is 1.96. The molecule has 0 atom stereocenters. The van der Waals surface area contributed by atoms with Crippen LogP contribution in [0.2, 0.25) is 0 Å². The summed E-state index contributed by atoms with van der Waals surface area (Å²) in [6, 6.07) is 19.9. The van der Waals surface area contributed by atoms with E-state index in [4.69, 9.17) is 5.26 Å². The summed E-state index contributed by atoms with van der Waals surface area (Å²) in [4.78, 5) is 2.36. The molecule has 2 aromatic rings. The van der Waals surface area contributed by atoms with E-state index in [0.29, 0.717) is 5.56 Å². The molecule has 0 saturated carbocycles. The van der Waals surface area contributed by atoms with Crippen LogP contribution in [0, 0.1) is 11.3 Å². The average Bonchev–Trinajstić information content (AvgIpc) is 2.31. The van der Waals surface area contributed by atoms with Crippen LogP contribution in [-0.2, 0) is 0 Å². The summed E-state index contributed by atoms with van der Waals surface area (Å²) in [5.74, 6) is 0. The molecular formula is C13H9NS. The highest BCUT2D eigenvalue weighted by Crippen LogP contribution is 2.27. The summed E-state index contributed by atoms with van der Waals surface area (Å²) in [5.41, 5.74) is 0.701. The van der Waals surface area contributed by atoms with E-state index < -0.39 is 0 Å². The monoisotopic (exact) mass is 211 g/mol. The Labute approximate surface area is 93.4 Å². The molecule has 0 unspecified atom stereocenters. The molecular weight excluding hydrogens is 202 g/mol. The molecule has 1 nitrogen and oxygen atoms in total. The summed E-state index contributed by atoms with van der Waals surface area (Å²) >= 11 is 1.70. The van der Waals surface area contributed by atoms with Crippen LogP contribution in [0.5, 0.6) is 0 Å². The molecule has 2 heteroatoms. The lowest BCUT2D eigenvalue weighted by Gasteiger charge is -2.00. The molecule has 0 bridgehead atoms. The Hall–Kier alpha value is -1.72. The van der Waals surface area contributed by atoms with Crippen molar-refractivity contribution in [2.75, 3.05) is 0 Å². The summed E-state index contributed by atoms with van der Waals surface area (Å²) in [5, 5.41) is 8.66. The zero-order chi connectivity index (χ0) is 10.5. The molecule has 0 N–H and O–H groups in total. The van der Waals surface area contributed by atoms with E-state index in [9.17, 15) is 0 Å². The molecule has 15 heavy (non-hydrogen) atoms. The third-order valence-electron chi connectivity index (χ3n) is 1.96. The lowest BCUT2D eigenvalue weighted by Crippen LogP contribution is -1.75. The van der Waals surface area contributed by atoms with E-state index in [-0.39, 0.29) is 0 Å². The molecule has 2 rings (SSSR count). The Bertz CT molecular complexity index is 468. The number of nitrogens with zero attached hydrogens (tertiary/aromatic N) is 1. The van der Waals surface area contributed by atoms with Crippen LogP contribution in [0.25, 0.3) is 0 Å². The van der Waals surface area contributed by atoms with Crippen molar-refractivity contribution in [1.82, 2.24) is 0 Å². The summed E-state index contributed by atoms with van der Waals surface area (Å²) in [7, 11) is 0. The van der Waals surface area contributed by atoms with Gasteiger partial charge in [0, 0.05) is 9.79 Å². The second-order valence-electron chi connectivity index (χ2n) is 3.05. The van der Waals surface area contributed by atoms with Gasteiger partial charge in [-0.15, -0.1) is 0 Å². The van der Waals surface area contributed by atoms with E-state index in [2.05, 4.69) is 18.2 Å². The summed E-state index contributed by atoms with van der Waals surface area (Å²) in [6.07, 6.45) is 0. The predicted octanol–water partition coefficient (Wildman–Crippen LogP) is 3.71. The Morgan fingerprint density at radius 2 is 1.40 bits per heavy atom. The van der Waals surface area contributed by atoms with Gasteiger partial charge in [-0.05, 0) is 36.4 Å². The standard InChI is InChI=1S/C13H9NS/c14-10-11-6-8-13(9-7-11)15-12-4-2-1-3-5-12/h1-9H. The SMILES string of the molecule is N#Cc1ccc(Sc2ccccc2)cc1. The minimum Gasteiger partial charge on any atom is -0.192 e. The first-order chi connectivity index (χ1) is 7.38. The molecule has 0 radical (unpaired) electrons. The second-order valence-corrected chi connectivity index (χ2v) is 4.20. The predicted molar refractivity (Wildman–Crippen MR) is 61.7 cm³/mol. The number of benzene rings is 2. The fourth-order valence-electron chi connectivity index (χ4n) is 1.22. The first-order valence-corrected chi connectivity index (χ1v) is 5.43. The van der Waals surface area contributed by atoms with Crippen molar-refractivity contribution in [2.45, 2.75) is 9.79 Å². The molecule has 0 aliphatic rings. The number of hydrogen-bond donors (Lipinski definition) is 0. The first kappa shape index (κ1) is 9.82. The van der Waals surface area contributed by atoms with Gasteiger partial charge >= 0.3 is 0 Å². The maximum absolute atomic E-state index is 8.66. The summed E-state index contributed by atoms with van der Waals surface area (Å²) in [6.45, 7) is 0. The molecule has 0 aliphatic heterocycles.